The highest BCUT2D eigenvalue weighted by atomic mass is 15.3. The third-order valence-electron chi connectivity index (χ3n) is 1.15. The summed E-state index contributed by atoms with van der Waals surface area (Å²) in [6.45, 7) is 3.16. The van der Waals surface area contributed by atoms with E-state index in [1.807, 2.05) is 22.6 Å². The Hall–Kier alpha value is -0.860. The summed E-state index contributed by atoms with van der Waals surface area (Å²) in [4.78, 5) is 0. The van der Waals surface area contributed by atoms with Crippen LogP contribution in [-0.2, 0) is 13.6 Å². The van der Waals surface area contributed by atoms with Crippen LogP contribution in [0.2, 0.25) is 0 Å². The van der Waals surface area contributed by atoms with Gasteiger partial charge in [-0.25, -0.2) is 4.57 Å². The number of hydrogen-bond acceptors (Lipinski definition) is 1. The van der Waals surface area contributed by atoms with Crippen LogP contribution in [0.3, 0.4) is 0 Å². The molecule has 0 radical (unpaired) electrons. The number of nitrogens with zero attached hydrogens (tertiary/aromatic N) is 3. The van der Waals surface area contributed by atoms with E-state index in [-0.39, 0.29) is 0 Å². The minimum absolute atomic E-state index is 1.01. The highest BCUT2D eigenvalue weighted by Crippen LogP contribution is 1.81. The first kappa shape index (κ1) is 6.26. The predicted octanol–water partition coefficient (Wildman–Crippen LogP) is 0.118. The molecular formula is C6H12N3+. The van der Waals surface area contributed by atoms with E-state index in [0.29, 0.717) is 0 Å². The summed E-state index contributed by atoms with van der Waals surface area (Å²) in [5.74, 6) is 0. The number of rotatable bonds is 2. The molecule has 0 saturated carbocycles. The lowest BCUT2D eigenvalue weighted by Gasteiger charge is -1.83. The lowest BCUT2D eigenvalue weighted by molar-refractivity contribution is -0.672. The monoisotopic (exact) mass is 126 g/mol. The quantitative estimate of drug-likeness (QED) is 0.516. The zero-order valence-electron chi connectivity index (χ0n) is 5.91. The van der Waals surface area contributed by atoms with Crippen molar-refractivity contribution in [3.63, 3.8) is 0 Å². The van der Waals surface area contributed by atoms with Gasteiger partial charge in [0, 0.05) is 5.10 Å². The first-order valence-electron chi connectivity index (χ1n) is 3.20. The van der Waals surface area contributed by atoms with Crippen LogP contribution >= 0.6 is 0 Å². The van der Waals surface area contributed by atoms with Gasteiger partial charge < -0.3 is 0 Å². The smallest absolute Gasteiger partial charge is 0.240 e. The maximum Gasteiger partial charge on any atom is 0.264 e. The van der Waals surface area contributed by atoms with Gasteiger partial charge in [0.25, 0.3) is 6.33 Å². The predicted molar refractivity (Wildman–Crippen MR) is 33.7 cm³/mol. The molecule has 0 fully saturated rings. The van der Waals surface area contributed by atoms with Crippen LogP contribution < -0.4 is 4.57 Å². The molecule has 0 bridgehead atoms. The fourth-order valence-electron chi connectivity index (χ4n) is 0.762. The van der Waals surface area contributed by atoms with Crippen molar-refractivity contribution in [3.8, 4) is 0 Å². The van der Waals surface area contributed by atoms with Crippen molar-refractivity contribution in [2.45, 2.75) is 19.9 Å². The van der Waals surface area contributed by atoms with Gasteiger partial charge in [-0.05, 0) is 6.42 Å². The molecule has 0 unspecified atom stereocenters. The molecule has 1 aromatic heterocycles. The Kier molecular flexibility index (Phi) is 1.82. The maximum absolute atomic E-state index is 4.09. The number of aryl methyl sites for hydroxylation is 2. The largest absolute Gasteiger partial charge is 0.264 e. The van der Waals surface area contributed by atoms with Gasteiger partial charge in [0.15, 0.2) is 0 Å². The Bertz CT molecular complexity index is 180. The molecule has 0 amide bonds. The summed E-state index contributed by atoms with van der Waals surface area (Å²) < 4.78 is 3.87. The average molecular weight is 126 g/mol. The van der Waals surface area contributed by atoms with Crippen molar-refractivity contribution >= 4 is 0 Å². The summed E-state index contributed by atoms with van der Waals surface area (Å²) >= 11 is 0. The fraction of sp³-hybridized carbons (Fsp3) is 0.667. The summed E-state index contributed by atoms with van der Waals surface area (Å²) in [5.41, 5.74) is 0. The Labute approximate surface area is 54.9 Å². The molecule has 0 N–H and O–H groups in total. The minimum Gasteiger partial charge on any atom is -0.240 e. The molecule has 0 aliphatic carbocycles. The summed E-state index contributed by atoms with van der Waals surface area (Å²) in [7, 11) is 1.97. The van der Waals surface area contributed by atoms with Crippen LogP contribution in [0.15, 0.2) is 12.7 Å². The molecule has 1 heterocycles. The zero-order chi connectivity index (χ0) is 6.69. The van der Waals surface area contributed by atoms with Crippen LogP contribution in [-0.4, -0.2) is 9.78 Å². The third kappa shape index (κ3) is 1.52. The lowest BCUT2D eigenvalue weighted by Crippen LogP contribution is -2.23. The van der Waals surface area contributed by atoms with Gasteiger partial charge in [-0.15, -0.1) is 4.68 Å². The lowest BCUT2D eigenvalue weighted by atomic mass is 10.5. The third-order valence-corrected chi connectivity index (χ3v) is 1.15. The summed E-state index contributed by atoms with van der Waals surface area (Å²) in [5, 5.41) is 4.09. The van der Waals surface area contributed by atoms with Gasteiger partial charge in [-0.2, -0.15) is 0 Å². The van der Waals surface area contributed by atoms with E-state index in [9.17, 15) is 0 Å². The molecule has 0 saturated heterocycles. The van der Waals surface area contributed by atoms with Gasteiger partial charge in [0.05, 0.1) is 7.05 Å². The second kappa shape index (κ2) is 2.62. The van der Waals surface area contributed by atoms with E-state index < -0.39 is 0 Å². The highest BCUT2D eigenvalue weighted by Gasteiger charge is 1.97. The van der Waals surface area contributed by atoms with E-state index in [0.717, 1.165) is 13.0 Å². The Morgan fingerprint density at radius 1 is 1.67 bits per heavy atom. The van der Waals surface area contributed by atoms with Crippen LogP contribution in [0.5, 0.6) is 0 Å². The van der Waals surface area contributed by atoms with E-state index >= 15 is 0 Å². The minimum atomic E-state index is 1.01. The number of aromatic nitrogens is 3. The normalized spacial score (nSPS) is 10.0. The molecular weight excluding hydrogens is 114 g/mol. The van der Waals surface area contributed by atoms with Gasteiger partial charge in [0.1, 0.15) is 6.54 Å². The molecule has 0 aliphatic heterocycles. The van der Waals surface area contributed by atoms with E-state index in [2.05, 4.69) is 12.0 Å². The van der Waals surface area contributed by atoms with E-state index in [1.54, 1.807) is 6.33 Å². The second-order valence-corrected chi connectivity index (χ2v) is 2.17. The molecule has 9 heavy (non-hydrogen) atoms. The van der Waals surface area contributed by atoms with Gasteiger partial charge in [-0.1, -0.05) is 6.92 Å². The Morgan fingerprint density at radius 2 is 2.44 bits per heavy atom. The molecule has 3 nitrogen and oxygen atoms in total. The van der Waals surface area contributed by atoms with Crippen molar-refractivity contribution in [3.05, 3.63) is 12.7 Å². The van der Waals surface area contributed by atoms with Gasteiger partial charge in [0.2, 0.25) is 6.33 Å². The zero-order valence-corrected chi connectivity index (χ0v) is 5.91. The van der Waals surface area contributed by atoms with Crippen molar-refractivity contribution in [2.24, 2.45) is 7.05 Å². The SMILES string of the molecule is CCCn1c[n+](C)cn1. The van der Waals surface area contributed by atoms with Crippen molar-refractivity contribution < 1.29 is 4.57 Å². The molecule has 0 aromatic carbocycles. The molecule has 1 aromatic rings. The van der Waals surface area contributed by atoms with Crippen molar-refractivity contribution in [2.75, 3.05) is 0 Å². The highest BCUT2D eigenvalue weighted by molar-refractivity contribution is 4.43. The van der Waals surface area contributed by atoms with E-state index in [1.165, 1.54) is 0 Å². The van der Waals surface area contributed by atoms with Crippen molar-refractivity contribution in [1.29, 1.82) is 0 Å². The summed E-state index contributed by atoms with van der Waals surface area (Å²) in [6, 6.07) is 0. The van der Waals surface area contributed by atoms with E-state index in [4.69, 9.17) is 0 Å². The Balaban J connectivity index is 2.61. The summed E-state index contributed by atoms with van der Waals surface area (Å²) in [6.07, 6.45) is 4.92. The molecule has 50 valence electrons. The first-order valence-corrected chi connectivity index (χ1v) is 3.20. The molecule has 3 heteroatoms. The van der Waals surface area contributed by atoms with Crippen LogP contribution in [0, 0.1) is 0 Å². The van der Waals surface area contributed by atoms with Gasteiger partial charge in [-0.3, -0.25) is 0 Å². The average Bonchev–Trinajstić information content (AvgIpc) is 2.17. The van der Waals surface area contributed by atoms with Crippen LogP contribution in [0.1, 0.15) is 13.3 Å². The molecule has 0 atom stereocenters. The van der Waals surface area contributed by atoms with Crippen LogP contribution in [0.4, 0.5) is 0 Å². The van der Waals surface area contributed by atoms with Crippen molar-refractivity contribution in [1.82, 2.24) is 9.78 Å². The topological polar surface area (TPSA) is 21.7 Å². The standard InChI is InChI=1S/C6H12N3/c1-3-4-9-6-8(2)5-7-9/h5-6H,3-4H2,1-2H3/q+1. The fourth-order valence-corrected chi connectivity index (χ4v) is 0.762. The molecule has 0 aliphatic rings. The molecule has 1 rings (SSSR count). The first-order chi connectivity index (χ1) is 4.33. The number of hydrogen-bond donors (Lipinski definition) is 0. The Morgan fingerprint density at radius 3 is 2.89 bits per heavy atom. The molecule has 0 spiro atoms. The second-order valence-electron chi connectivity index (χ2n) is 2.17. The maximum atomic E-state index is 4.09. The van der Waals surface area contributed by atoms with Gasteiger partial charge >= 0.3 is 0 Å². The van der Waals surface area contributed by atoms with Crippen LogP contribution in [0.25, 0.3) is 0 Å².